The van der Waals surface area contributed by atoms with E-state index in [9.17, 15) is 8.78 Å². The standard InChI is InChI=1S/C16H15Cl2F2N/c1-2-21-14(15-12(19)7-4-8-13(15)20)9-10-5-3-6-11(17)16(10)18/h3-8,14,21H,2,9H2,1H3. The van der Waals surface area contributed by atoms with Gasteiger partial charge < -0.3 is 5.32 Å². The number of rotatable bonds is 5. The molecule has 0 radical (unpaired) electrons. The zero-order chi connectivity index (χ0) is 15.4. The number of nitrogens with one attached hydrogen (secondary N) is 1. The van der Waals surface area contributed by atoms with Crippen LogP contribution < -0.4 is 5.32 Å². The molecule has 5 heteroatoms. The second-order valence-corrected chi connectivity index (χ2v) is 5.45. The Morgan fingerprint density at radius 1 is 1.05 bits per heavy atom. The van der Waals surface area contributed by atoms with Crippen LogP contribution >= 0.6 is 23.2 Å². The van der Waals surface area contributed by atoms with E-state index >= 15 is 0 Å². The summed E-state index contributed by atoms with van der Waals surface area (Å²) in [6, 6.07) is 8.60. The molecule has 1 atom stereocenters. The van der Waals surface area contributed by atoms with Gasteiger partial charge in [0.25, 0.3) is 0 Å². The Balaban J connectivity index is 2.38. The Morgan fingerprint density at radius 3 is 2.29 bits per heavy atom. The lowest BCUT2D eigenvalue weighted by atomic mass is 9.97. The van der Waals surface area contributed by atoms with Crippen molar-refractivity contribution >= 4 is 23.2 Å². The number of benzene rings is 2. The van der Waals surface area contributed by atoms with E-state index in [2.05, 4.69) is 5.32 Å². The highest BCUT2D eigenvalue weighted by Gasteiger charge is 2.21. The molecule has 0 saturated carbocycles. The maximum atomic E-state index is 14.0. The molecule has 1 N–H and O–H groups in total. The van der Waals surface area contributed by atoms with Gasteiger partial charge in [-0.05, 0) is 36.7 Å². The van der Waals surface area contributed by atoms with E-state index in [0.717, 1.165) is 5.56 Å². The molecule has 0 saturated heterocycles. The molecule has 1 unspecified atom stereocenters. The number of likely N-dealkylation sites (N-methyl/N-ethyl adjacent to an activating group) is 1. The van der Waals surface area contributed by atoms with Gasteiger partial charge in [0.05, 0.1) is 10.0 Å². The summed E-state index contributed by atoms with van der Waals surface area (Å²) in [4.78, 5) is 0. The zero-order valence-corrected chi connectivity index (χ0v) is 13.0. The molecule has 112 valence electrons. The van der Waals surface area contributed by atoms with E-state index in [1.807, 2.05) is 6.92 Å². The van der Waals surface area contributed by atoms with Crippen LogP contribution in [0, 0.1) is 11.6 Å². The lowest BCUT2D eigenvalue weighted by Crippen LogP contribution is -2.25. The van der Waals surface area contributed by atoms with E-state index in [4.69, 9.17) is 23.2 Å². The summed E-state index contributed by atoms with van der Waals surface area (Å²) < 4.78 is 27.9. The molecular weight excluding hydrogens is 315 g/mol. The fourth-order valence-corrected chi connectivity index (χ4v) is 2.69. The minimum absolute atomic E-state index is 0.0235. The van der Waals surface area contributed by atoms with Gasteiger partial charge in [-0.2, -0.15) is 0 Å². The fourth-order valence-electron chi connectivity index (χ4n) is 2.29. The third-order valence-corrected chi connectivity index (χ3v) is 4.11. The van der Waals surface area contributed by atoms with Crippen LogP contribution in [0.1, 0.15) is 24.1 Å². The summed E-state index contributed by atoms with van der Waals surface area (Å²) in [5, 5.41) is 3.94. The van der Waals surface area contributed by atoms with Crippen LogP contribution in [-0.4, -0.2) is 6.54 Å². The van der Waals surface area contributed by atoms with Gasteiger partial charge >= 0.3 is 0 Å². The molecule has 21 heavy (non-hydrogen) atoms. The molecule has 2 aromatic rings. The average Bonchev–Trinajstić information content (AvgIpc) is 2.44. The molecule has 0 amide bonds. The van der Waals surface area contributed by atoms with Crippen molar-refractivity contribution in [3.63, 3.8) is 0 Å². The minimum atomic E-state index is -0.570. The highest BCUT2D eigenvalue weighted by molar-refractivity contribution is 6.42. The fraction of sp³-hybridized carbons (Fsp3) is 0.250. The number of hydrogen-bond donors (Lipinski definition) is 1. The average molecular weight is 330 g/mol. The molecule has 0 aliphatic heterocycles. The zero-order valence-electron chi connectivity index (χ0n) is 11.5. The van der Waals surface area contributed by atoms with Crippen LogP contribution in [0.15, 0.2) is 36.4 Å². The molecular formula is C16H15Cl2F2N. The third kappa shape index (κ3) is 3.73. The van der Waals surface area contributed by atoms with Gasteiger partial charge in [-0.15, -0.1) is 0 Å². The van der Waals surface area contributed by atoms with Crippen molar-refractivity contribution in [2.45, 2.75) is 19.4 Å². The van der Waals surface area contributed by atoms with Crippen molar-refractivity contribution in [2.75, 3.05) is 6.54 Å². The first-order chi connectivity index (χ1) is 10.0. The summed E-state index contributed by atoms with van der Waals surface area (Å²) in [6.45, 7) is 2.46. The molecule has 0 aliphatic carbocycles. The molecule has 0 aliphatic rings. The molecule has 2 rings (SSSR count). The van der Waals surface area contributed by atoms with Crippen molar-refractivity contribution in [3.8, 4) is 0 Å². The molecule has 0 heterocycles. The second kappa shape index (κ2) is 7.21. The SMILES string of the molecule is CCNC(Cc1cccc(Cl)c1Cl)c1c(F)cccc1F. The topological polar surface area (TPSA) is 12.0 Å². The van der Waals surface area contributed by atoms with E-state index in [1.54, 1.807) is 18.2 Å². The van der Waals surface area contributed by atoms with Gasteiger partial charge in [0.1, 0.15) is 11.6 Å². The predicted octanol–water partition coefficient (Wildman–Crippen LogP) is 5.16. The quantitative estimate of drug-likeness (QED) is 0.798. The largest absolute Gasteiger partial charge is 0.310 e. The highest BCUT2D eigenvalue weighted by atomic mass is 35.5. The highest BCUT2D eigenvalue weighted by Crippen LogP contribution is 2.30. The number of halogens is 4. The molecule has 0 fully saturated rings. The van der Waals surface area contributed by atoms with E-state index in [-0.39, 0.29) is 5.56 Å². The van der Waals surface area contributed by atoms with Crippen LogP contribution in [0.4, 0.5) is 8.78 Å². The van der Waals surface area contributed by atoms with Crippen LogP contribution in [0.5, 0.6) is 0 Å². The molecule has 0 bridgehead atoms. The lowest BCUT2D eigenvalue weighted by Gasteiger charge is -2.20. The van der Waals surface area contributed by atoms with Crippen LogP contribution in [0.3, 0.4) is 0 Å². The molecule has 0 spiro atoms. The van der Waals surface area contributed by atoms with Crippen LogP contribution in [-0.2, 0) is 6.42 Å². The monoisotopic (exact) mass is 329 g/mol. The van der Waals surface area contributed by atoms with Crippen molar-refractivity contribution in [1.29, 1.82) is 0 Å². The van der Waals surface area contributed by atoms with Gasteiger partial charge in [0.2, 0.25) is 0 Å². The maximum absolute atomic E-state index is 14.0. The Labute approximate surface area is 132 Å². The first kappa shape index (κ1) is 16.2. The van der Waals surface area contributed by atoms with Gasteiger partial charge in [-0.3, -0.25) is 0 Å². The second-order valence-electron chi connectivity index (χ2n) is 4.66. The van der Waals surface area contributed by atoms with Gasteiger partial charge in [-0.25, -0.2) is 8.78 Å². The normalized spacial score (nSPS) is 12.4. The summed E-state index contributed by atoms with van der Waals surface area (Å²) in [6.07, 6.45) is 0.352. The van der Waals surface area contributed by atoms with Crippen LogP contribution in [0.2, 0.25) is 10.0 Å². The minimum Gasteiger partial charge on any atom is -0.310 e. The van der Waals surface area contributed by atoms with Crippen LogP contribution in [0.25, 0.3) is 0 Å². The van der Waals surface area contributed by atoms with Crippen molar-refractivity contribution in [2.24, 2.45) is 0 Å². The first-order valence-electron chi connectivity index (χ1n) is 6.64. The van der Waals surface area contributed by atoms with E-state index in [1.165, 1.54) is 18.2 Å². The third-order valence-electron chi connectivity index (χ3n) is 3.25. The predicted molar refractivity (Wildman–Crippen MR) is 82.9 cm³/mol. The molecule has 0 aromatic heterocycles. The van der Waals surface area contributed by atoms with Crippen molar-refractivity contribution in [3.05, 3.63) is 69.2 Å². The van der Waals surface area contributed by atoms with Crippen molar-refractivity contribution in [1.82, 2.24) is 5.32 Å². The Bertz CT molecular complexity index is 611. The summed E-state index contributed by atoms with van der Waals surface area (Å²) in [7, 11) is 0. The summed E-state index contributed by atoms with van der Waals surface area (Å²) in [5.41, 5.74) is 0.771. The Morgan fingerprint density at radius 2 is 1.67 bits per heavy atom. The molecule has 1 nitrogen and oxygen atoms in total. The van der Waals surface area contributed by atoms with E-state index < -0.39 is 17.7 Å². The van der Waals surface area contributed by atoms with Gasteiger partial charge in [0.15, 0.2) is 0 Å². The van der Waals surface area contributed by atoms with Gasteiger partial charge in [0, 0.05) is 11.6 Å². The summed E-state index contributed by atoms with van der Waals surface area (Å²) >= 11 is 12.1. The summed E-state index contributed by atoms with van der Waals surface area (Å²) in [5.74, 6) is -1.14. The Kier molecular flexibility index (Phi) is 5.57. The smallest absolute Gasteiger partial charge is 0.130 e. The van der Waals surface area contributed by atoms with Crippen molar-refractivity contribution < 1.29 is 8.78 Å². The Hall–Kier alpha value is -1.16. The van der Waals surface area contributed by atoms with E-state index in [0.29, 0.717) is 23.0 Å². The lowest BCUT2D eigenvalue weighted by molar-refractivity contribution is 0.473. The van der Waals surface area contributed by atoms with Gasteiger partial charge in [-0.1, -0.05) is 48.3 Å². The number of hydrogen-bond acceptors (Lipinski definition) is 1. The molecule has 2 aromatic carbocycles. The first-order valence-corrected chi connectivity index (χ1v) is 7.40. The maximum Gasteiger partial charge on any atom is 0.130 e.